The quantitative estimate of drug-likeness (QED) is 0.558. The molecule has 4 rings (SSSR count). The number of fused-ring (bicyclic) bond motifs is 1. The zero-order chi connectivity index (χ0) is 19.0. The molecular weight excluding hydrogens is 368 g/mol. The second-order valence-corrected chi connectivity index (χ2v) is 7.22. The van der Waals surface area contributed by atoms with Gasteiger partial charge >= 0.3 is 0 Å². The molecule has 0 aliphatic heterocycles. The second-order valence-electron chi connectivity index (χ2n) is 6.83. The first kappa shape index (κ1) is 18.0. The summed E-state index contributed by atoms with van der Waals surface area (Å²) in [4.78, 5) is 4.53. The van der Waals surface area contributed by atoms with E-state index in [4.69, 9.17) is 11.6 Å². The first-order chi connectivity index (χ1) is 13.0. The lowest BCUT2D eigenvalue weighted by Gasteiger charge is -2.36. The van der Waals surface area contributed by atoms with Gasteiger partial charge in [-0.05, 0) is 61.6 Å². The molecule has 0 saturated carbocycles. The second kappa shape index (κ2) is 6.97. The molecule has 1 aliphatic carbocycles. The van der Waals surface area contributed by atoms with Gasteiger partial charge in [-0.15, -0.1) is 5.10 Å². The third-order valence-electron chi connectivity index (χ3n) is 5.40. The van der Waals surface area contributed by atoms with Crippen LogP contribution >= 0.6 is 11.6 Å². The van der Waals surface area contributed by atoms with Gasteiger partial charge < -0.3 is 0 Å². The molecule has 0 bridgehead atoms. The minimum Gasteiger partial charge on any atom is -0.240 e. The fourth-order valence-corrected chi connectivity index (χ4v) is 4.20. The molecule has 0 radical (unpaired) electrons. The highest BCUT2D eigenvalue weighted by atomic mass is 35.5. The molecule has 3 aromatic rings. The van der Waals surface area contributed by atoms with Gasteiger partial charge in [0, 0.05) is 0 Å². The standard InChI is InChI=1S/C21H18ClF2N3/c1-2-21(17-9-4-10-18(22)25-17)11-5-6-13-12-16(26-27-20(13)21)19-14(23)7-3-8-15(19)24/h3-4,7-10,12H,2,5-6,11H2,1H3/t21-/m1/s1. The zero-order valence-electron chi connectivity index (χ0n) is 14.8. The number of aromatic nitrogens is 3. The molecule has 1 aliphatic rings. The van der Waals surface area contributed by atoms with E-state index < -0.39 is 17.0 Å². The molecular formula is C21H18ClF2N3. The number of aryl methyl sites for hydroxylation is 1. The Hall–Kier alpha value is -2.40. The maximum absolute atomic E-state index is 14.2. The van der Waals surface area contributed by atoms with Gasteiger partial charge in [-0.25, -0.2) is 13.8 Å². The van der Waals surface area contributed by atoms with Crippen molar-refractivity contribution in [2.24, 2.45) is 0 Å². The van der Waals surface area contributed by atoms with E-state index in [9.17, 15) is 8.78 Å². The van der Waals surface area contributed by atoms with Crippen molar-refractivity contribution in [3.8, 4) is 11.3 Å². The Bertz CT molecular complexity index is 988. The van der Waals surface area contributed by atoms with Crippen LogP contribution in [-0.2, 0) is 11.8 Å². The number of hydrogen-bond acceptors (Lipinski definition) is 3. The lowest BCUT2D eigenvalue weighted by atomic mass is 9.69. The fourth-order valence-electron chi connectivity index (χ4n) is 4.04. The van der Waals surface area contributed by atoms with Crippen molar-refractivity contribution in [3.63, 3.8) is 0 Å². The summed E-state index contributed by atoms with van der Waals surface area (Å²) in [5.41, 5.74) is 2.33. The van der Waals surface area contributed by atoms with E-state index in [0.717, 1.165) is 42.6 Å². The third kappa shape index (κ3) is 3.00. The van der Waals surface area contributed by atoms with Crippen LogP contribution in [0.2, 0.25) is 5.15 Å². The molecule has 0 amide bonds. The van der Waals surface area contributed by atoms with Crippen LogP contribution in [0.25, 0.3) is 11.3 Å². The van der Waals surface area contributed by atoms with Gasteiger partial charge in [0.05, 0.1) is 28.1 Å². The highest BCUT2D eigenvalue weighted by molar-refractivity contribution is 6.29. The van der Waals surface area contributed by atoms with Gasteiger partial charge in [0.25, 0.3) is 0 Å². The monoisotopic (exact) mass is 385 g/mol. The normalized spacial score (nSPS) is 19.0. The molecule has 0 saturated heterocycles. The Kier molecular flexibility index (Phi) is 4.64. The number of hydrogen-bond donors (Lipinski definition) is 0. The Balaban J connectivity index is 1.87. The predicted octanol–water partition coefficient (Wildman–Crippen LogP) is 5.50. The van der Waals surface area contributed by atoms with Crippen molar-refractivity contribution < 1.29 is 8.78 Å². The lowest BCUT2D eigenvalue weighted by Crippen LogP contribution is -2.34. The van der Waals surface area contributed by atoms with Gasteiger partial charge in [0.2, 0.25) is 0 Å². The van der Waals surface area contributed by atoms with Crippen LogP contribution in [0.4, 0.5) is 8.78 Å². The smallest absolute Gasteiger partial charge is 0.135 e. The summed E-state index contributed by atoms with van der Waals surface area (Å²) in [6.07, 6.45) is 3.39. The fraction of sp³-hybridized carbons (Fsp3) is 0.286. The summed E-state index contributed by atoms with van der Waals surface area (Å²) in [6, 6.07) is 11.1. The van der Waals surface area contributed by atoms with Crippen molar-refractivity contribution >= 4 is 11.6 Å². The first-order valence-electron chi connectivity index (χ1n) is 8.99. The van der Waals surface area contributed by atoms with Crippen molar-refractivity contribution in [3.05, 3.63) is 76.2 Å². The molecule has 3 nitrogen and oxygen atoms in total. The average molecular weight is 386 g/mol. The topological polar surface area (TPSA) is 38.7 Å². The molecule has 6 heteroatoms. The van der Waals surface area contributed by atoms with Crippen molar-refractivity contribution in [2.75, 3.05) is 0 Å². The summed E-state index contributed by atoms with van der Waals surface area (Å²) in [5, 5.41) is 9.06. The molecule has 0 fully saturated rings. The lowest BCUT2D eigenvalue weighted by molar-refractivity contribution is 0.387. The molecule has 138 valence electrons. The van der Waals surface area contributed by atoms with Gasteiger partial charge in [-0.3, -0.25) is 0 Å². The highest BCUT2D eigenvalue weighted by Gasteiger charge is 2.40. The predicted molar refractivity (Wildman–Crippen MR) is 101 cm³/mol. The summed E-state index contributed by atoms with van der Waals surface area (Å²) < 4.78 is 28.3. The summed E-state index contributed by atoms with van der Waals surface area (Å²) in [7, 11) is 0. The van der Waals surface area contributed by atoms with Crippen LogP contribution < -0.4 is 0 Å². The van der Waals surface area contributed by atoms with E-state index in [1.165, 1.54) is 18.2 Å². The number of rotatable bonds is 3. The van der Waals surface area contributed by atoms with Crippen molar-refractivity contribution in [1.29, 1.82) is 0 Å². The molecule has 0 unspecified atom stereocenters. The van der Waals surface area contributed by atoms with E-state index >= 15 is 0 Å². The Labute approximate surface area is 161 Å². The van der Waals surface area contributed by atoms with E-state index in [2.05, 4.69) is 22.1 Å². The maximum Gasteiger partial charge on any atom is 0.135 e. The molecule has 0 N–H and O–H groups in total. The molecule has 27 heavy (non-hydrogen) atoms. The van der Waals surface area contributed by atoms with Gasteiger partial charge in [0.1, 0.15) is 16.8 Å². The molecule has 1 atom stereocenters. The van der Waals surface area contributed by atoms with E-state index in [0.29, 0.717) is 5.15 Å². The SMILES string of the molecule is CC[C@]1(c2cccc(Cl)n2)CCCc2cc(-c3c(F)cccc3F)nnc21. The summed E-state index contributed by atoms with van der Waals surface area (Å²) in [5.74, 6) is -1.28. The number of halogens is 3. The van der Waals surface area contributed by atoms with Crippen molar-refractivity contribution in [1.82, 2.24) is 15.2 Å². The summed E-state index contributed by atoms with van der Waals surface area (Å²) >= 11 is 6.12. The largest absolute Gasteiger partial charge is 0.240 e. The van der Waals surface area contributed by atoms with Crippen LogP contribution in [0.15, 0.2) is 42.5 Å². The van der Waals surface area contributed by atoms with Crippen LogP contribution in [-0.4, -0.2) is 15.2 Å². The minimum absolute atomic E-state index is 0.138. The highest BCUT2D eigenvalue weighted by Crippen LogP contribution is 2.44. The Morgan fingerprint density at radius 1 is 1.07 bits per heavy atom. The maximum atomic E-state index is 14.2. The molecule has 2 heterocycles. The summed E-state index contributed by atoms with van der Waals surface area (Å²) in [6.45, 7) is 2.09. The van der Waals surface area contributed by atoms with E-state index in [1.807, 2.05) is 12.1 Å². The number of nitrogens with zero attached hydrogens (tertiary/aromatic N) is 3. The van der Waals surface area contributed by atoms with Crippen LogP contribution in [0.1, 0.15) is 43.1 Å². The van der Waals surface area contributed by atoms with Crippen molar-refractivity contribution in [2.45, 2.75) is 38.0 Å². The number of benzene rings is 1. The Morgan fingerprint density at radius 2 is 1.81 bits per heavy atom. The van der Waals surface area contributed by atoms with E-state index in [-0.39, 0.29) is 11.3 Å². The van der Waals surface area contributed by atoms with E-state index in [1.54, 1.807) is 12.1 Å². The zero-order valence-corrected chi connectivity index (χ0v) is 15.6. The van der Waals surface area contributed by atoms with Gasteiger partial charge in [-0.1, -0.05) is 30.7 Å². The van der Waals surface area contributed by atoms with Crippen LogP contribution in [0.3, 0.4) is 0 Å². The van der Waals surface area contributed by atoms with Crippen LogP contribution in [0.5, 0.6) is 0 Å². The molecule has 2 aromatic heterocycles. The van der Waals surface area contributed by atoms with Gasteiger partial charge in [-0.2, -0.15) is 5.10 Å². The molecule has 1 aromatic carbocycles. The average Bonchev–Trinajstić information content (AvgIpc) is 2.67. The number of pyridine rings is 1. The van der Waals surface area contributed by atoms with Gasteiger partial charge in [0.15, 0.2) is 0 Å². The Morgan fingerprint density at radius 3 is 2.52 bits per heavy atom. The minimum atomic E-state index is -0.640. The first-order valence-corrected chi connectivity index (χ1v) is 9.37. The van der Waals surface area contributed by atoms with Crippen LogP contribution in [0, 0.1) is 11.6 Å². The molecule has 0 spiro atoms. The third-order valence-corrected chi connectivity index (χ3v) is 5.61.